The van der Waals surface area contributed by atoms with Crippen LogP contribution in [0.3, 0.4) is 0 Å². The van der Waals surface area contributed by atoms with Crippen LogP contribution in [0.25, 0.3) is 6.08 Å². The maximum Gasteiger partial charge on any atom is 0.333 e. The lowest BCUT2D eigenvalue weighted by Gasteiger charge is -2.21. The minimum Gasteiger partial charge on any atom is -0.500 e. The molecule has 166 valence electrons. The zero-order valence-electron chi connectivity index (χ0n) is 18.3. The number of methoxy groups -OCH3 is 4. The van der Waals surface area contributed by atoms with Crippen molar-refractivity contribution in [3.05, 3.63) is 34.0 Å². The molecule has 1 aliphatic heterocycles. The first-order valence-corrected chi connectivity index (χ1v) is 11.5. The first-order chi connectivity index (χ1) is 14.4. The monoisotopic (exact) mass is 454 g/mol. The summed E-state index contributed by atoms with van der Waals surface area (Å²) in [6.45, 7) is 4.73. The number of carbonyl (C=O) groups is 1. The normalized spacial score (nSPS) is 20.1. The highest BCUT2D eigenvalue weighted by atomic mass is 32.2. The van der Waals surface area contributed by atoms with E-state index in [1.54, 1.807) is 37.3 Å². The van der Waals surface area contributed by atoms with Crippen molar-refractivity contribution in [2.24, 2.45) is 16.8 Å². The molecule has 2 rings (SSSR count). The average molecular weight is 455 g/mol. The summed E-state index contributed by atoms with van der Waals surface area (Å²) in [4.78, 5) is 21.1. The molecule has 7 nitrogen and oxygen atoms in total. The lowest BCUT2D eigenvalue weighted by atomic mass is 10.0. The molecule has 0 aliphatic carbocycles. The fraction of sp³-hybridized carbons (Fsp3) is 0.571. The van der Waals surface area contributed by atoms with Crippen LogP contribution >= 0.6 is 23.1 Å². The van der Waals surface area contributed by atoms with E-state index in [-0.39, 0.29) is 18.1 Å². The van der Waals surface area contributed by atoms with E-state index in [9.17, 15) is 4.79 Å². The van der Waals surface area contributed by atoms with Crippen LogP contribution in [0.2, 0.25) is 0 Å². The van der Waals surface area contributed by atoms with Crippen molar-refractivity contribution in [3.8, 4) is 0 Å². The summed E-state index contributed by atoms with van der Waals surface area (Å²) in [5.74, 6) is 1.08. The minimum atomic E-state index is -0.462. The van der Waals surface area contributed by atoms with Crippen LogP contribution in [0, 0.1) is 11.8 Å². The van der Waals surface area contributed by atoms with Gasteiger partial charge in [-0.05, 0) is 6.08 Å². The predicted octanol–water partition coefficient (Wildman–Crippen LogP) is 3.98. The summed E-state index contributed by atoms with van der Waals surface area (Å²) in [7, 11) is 6.19. The molecule has 0 saturated heterocycles. The van der Waals surface area contributed by atoms with Crippen molar-refractivity contribution in [2.75, 3.05) is 40.8 Å². The number of aromatic nitrogens is 1. The fourth-order valence-corrected chi connectivity index (χ4v) is 5.04. The van der Waals surface area contributed by atoms with Gasteiger partial charge in [-0.25, -0.2) is 9.78 Å². The number of rotatable bonds is 11. The van der Waals surface area contributed by atoms with E-state index in [0.29, 0.717) is 18.3 Å². The molecule has 0 spiro atoms. The van der Waals surface area contributed by atoms with E-state index in [2.05, 4.69) is 11.7 Å². The van der Waals surface area contributed by atoms with Crippen molar-refractivity contribution in [1.29, 1.82) is 0 Å². The van der Waals surface area contributed by atoms with Gasteiger partial charge in [0.25, 0.3) is 0 Å². The number of hydrogen-bond donors (Lipinski definition) is 0. The van der Waals surface area contributed by atoms with Crippen molar-refractivity contribution in [3.63, 3.8) is 0 Å². The molecule has 9 heteroatoms. The second-order valence-electron chi connectivity index (χ2n) is 6.88. The van der Waals surface area contributed by atoms with Crippen molar-refractivity contribution in [2.45, 2.75) is 26.0 Å². The zero-order chi connectivity index (χ0) is 22.1. The molecule has 0 radical (unpaired) electrons. The molecule has 0 aromatic carbocycles. The molecule has 0 saturated carbocycles. The zero-order valence-corrected chi connectivity index (χ0v) is 19.9. The van der Waals surface area contributed by atoms with E-state index >= 15 is 0 Å². The third-order valence-electron chi connectivity index (χ3n) is 4.70. The summed E-state index contributed by atoms with van der Waals surface area (Å²) in [6.07, 6.45) is 4.90. The van der Waals surface area contributed by atoms with Crippen LogP contribution in [0.5, 0.6) is 0 Å². The third kappa shape index (κ3) is 6.66. The van der Waals surface area contributed by atoms with Gasteiger partial charge < -0.3 is 18.9 Å². The first-order valence-electron chi connectivity index (χ1n) is 9.62. The standard InChI is InChI=1S/C21H30N2O5S2/c1-13(10-25-3)20-23-16(12-30-20)21-22-15(11-29-21)7-8-17(26-4)14(2)18(27-5)9-19(24)28-6/h7-9,11,13-14,16-17H,10,12H2,1-6H3/b8-7+,18-9+. The molecule has 1 aromatic rings. The summed E-state index contributed by atoms with van der Waals surface area (Å²) in [6, 6.07) is 0.0942. The van der Waals surface area contributed by atoms with Gasteiger partial charge in [0, 0.05) is 37.2 Å². The third-order valence-corrected chi connectivity index (χ3v) is 6.95. The number of esters is 1. The molecule has 0 fully saturated rings. The molecular weight excluding hydrogens is 424 g/mol. The topological polar surface area (TPSA) is 79.2 Å². The SMILES string of the molecule is COCC(C)C1=NC(c2nc(/C=C/C(OC)C(C)/C(=C\C(=O)OC)OC)cs2)CS1. The van der Waals surface area contributed by atoms with Crippen LogP contribution in [-0.2, 0) is 23.7 Å². The second-order valence-corrected chi connectivity index (χ2v) is 8.81. The molecule has 1 aliphatic rings. The van der Waals surface area contributed by atoms with E-state index in [1.165, 1.54) is 20.3 Å². The maximum atomic E-state index is 11.5. The van der Waals surface area contributed by atoms with Gasteiger partial charge in [0.15, 0.2) is 0 Å². The quantitative estimate of drug-likeness (QED) is 0.284. The summed E-state index contributed by atoms with van der Waals surface area (Å²) in [5, 5.41) is 4.15. The molecule has 2 heterocycles. The lowest BCUT2D eigenvalue weighted by molar-refractivity contribution is -0.135. The highest BCUT2D eigenvalue weighted by molar-refractivity contribution is 8.14. The van der Waals surface area contributed by atoms with Crippen molar-refractivity contribution in [1.82, 2.24) is 4.98 Å². The van der Waals surface area contributed by atoms with Gasteiger partial charge in [-0.1, -0.05) is 19.9 Å². The highest BCUT2D eigenvalue weighted by Gasteiger charge is 2.26. The van der Waals surface area contributed by atoms with Crippen LogP contribution in [0.1, 0.15) is 30.6 Å². The van der Waals surface area contributed by atoms with Gasteiger partial charge in [-0.2, -0.15) is 0 Å². The highest BCUT2D eigenvalue weighted by Crippen LogP contribution is 2.34. The van der Waals surface area contributed by atoms with Crippen molar-refractivity contribution < 1.29 is 23.7 Å². The Morgan fingerprint density at radius 3 is 2.67 bits per heavy atom. The molecule has 4 atom stereocenters. The Hall–Kier alpha value is -1.68. The van der Waals surface area contributed by atoms with Gasteiger partial charge in [-0.15, -0.1) is 23.1 Å². The summed E-state index contributed by atoms with van der Waals surface area (Å²) >= 11 is 3.39. The van der Waals surface area contributed by atoms with Gasteiger partial charge in [0.1, 0.15) is 16.8 Å². The van der Waals surface area contributed by atoms with Crippen LogP contribution in [-0.4, -0.2) is 62.9 Å². The Morgan fingerprint density at radius 2 is 2.03 bits per heavy atom. The Bertz CT molecular complexity index is 790. The fourth-order valence-electron chi connectivity index (χ4n) is 3.00. The largest absolute Gasteiger partial charge is 0.500 e. The number of aliphatic imine (C=N–C) groups is 1. The first kappa shape index (κ1) is 24.6. The second kappa shape index (κ2) is 12.2. The summed E-state index contributed by atoms with van der Waals surface area (Å²) in [5.41, 5.74) is 0.860. The van der Waals surface area contributed by atoms with Gasteiger partial charge >= 0.3 is 5.97 Å². The molecule has 0 N–H and O–H groups in total. The number of ether oxygens (including phenoxy) is 4. The Morgan fingerprint density at radius 1 is 1.27 bits per heavy atom. The minimum absolute atomic E-state index is 0.0942. The Kier molecular flexibility index (Phi) is 10.0. The van der Waals surface area contributed by atoms with Crippen LogP contribution < -0.4 is 0 Å². The van der Waals surface area contributed by atoms with Gasteiger partial charge in [0.05, 0.1) is 43.7 Å². The van der Waals surface area contributed by atoms with Gasteiger partial charge in [0.2, 0.25) is 0 Å². The molecular formula is C21H30N2O5S2. The number of nitrogens with zero attached hydrogens (tertiary/aromatic N) is 2. The van der Waals surface area contributed by atoms with Crippen molar-refractivity contribution >= 4 is 40.2 Å². The Labute approximate surface area is 186 Å². The van der Waals surface area contributed by atoms with Gasteiger partial charge in [-0.3, -0.25) is 4.99 Å². The van der Waals surface area contributed by atoms with E-state index in [1.807, 2.05) is 24.5 Å². The van der Waals surface area contributed by atoms with Crippen LogP contribution in [0.4, 0.5) is 0 Å². The Balaban J connectivity index is 2.07. The molecule has 4 unspecified atom stereocenters. The van der Waals surface area contributed by atoms with Crippen LogP contribution in [0.15, 0.2) is 28.3 Å². The number of hydrogen-bond acceptors (Lipinski definition) is 9. The molecule has 30 heavy (non-hydrogen) atoms. The molecule has 0 amide bonds. The molecule has 0 bridgehead atoms. The average Bonchev–Trinajstić information content (AvgIpc) is 3.41. The number of thioether (sulfide) groups is 1. The lowest BCUT2D eigenvalue weighted by Crippen LogP contribution is -2.21. The smallest absolute Gasteiger partial charge is 0.333 e. The number of carbonyl (C=O) groups excluding carboxylic acids is 1. The van der Waals surface area contributed by atoms with E-state index in [4.69, 9.17) is 24.2 Å². The summed E-state index contributed by atoms with van der Waals surface area (Å²) < 4.78 is 20.8. The maximum absolute atomic E-state index is 11.5. The predicted molar refractivity (Wildman–Crippen MR) is 122 cm³/mol. The van der Waals surface area contributed by atoms with E-state index in [0.717, 1.165) is 21.5 Å². The number of thiazole rings is 1. The molecule has 1 aromatic heterocycles. The van der Waals surface area contributed by atoms with E-state index < -0.39 is 5.97 Å².